The molecule has 50 heavy (non-hydrogen) atoms. The van der Waals surface area contributed by atoms with Crippen molar-refractivity contribution in [1.82, 2.24) is 20.3 Å². The number of rotatable bonds is 10. The van der Waals surface area contributed by atoms with Crippen LogP contribution in [0.2, 0.25) is 0 Å². The zero-order chi connectivity index (χ0) is 35.6. The number of aliphatic carboxylic acids is 1. The SMILES string of the molecule is Cc1ccc(-c2ccc(C[C@H](NC(=O)c3c(F)cc(NS(=O)(=O)c4ccc(-c5ccnc(F)c5)cc4)cc3F)C(=O)O)c3cccnc23)nc1. The lowest BCUT2D eigenvalue weighted by Crippen LogP contribution is -2.43. The maximum Gasteiger partial charge on any atom is 0.326 e. The van der Waals surface area contributed by atoms with Crippen molar-refractivity contribution in [1.29, 1.82) is 0 Å². The van der Waals surface area contributed by atoms with Crippen LogP contribution >= 0.6 is 0 Å². The summed E-state index contributed by atoms with van der Waals surface area (Å²) in [6.45, 7) is 1.90. The van der Waals surface area contributed by atoms with E-state index >= 15 is 8.78 Å². The van der Waals surface area contributed by atoms with Gasteiger partial charge in [0.15, 0.2) is 0 Å². The number of aromatic nitrogens is 3. The monoisotopic (exact) mass is 697 g/mol. The van der Waals surface area contributed by atoms with Gasteiger partial charge in [0.2, 0.25) is 5.95 Å². The number of nitrogens with zero attached hydrogens (tertiary/aromatic N) is 3. The lowest BCUT2D eigenvalue weighted by molar-refractivity contribution is -0.139. The highest BCUT2D eigenvalue weighted by atomic mass is 32.2. The molecule has 0 aliphatic heterocycles. The number of aryl methyl sites for hydroxylation is 1. The van der Waals surface area contributed by atoms with Gasteiger partial charge in [-0.2, -0.15) is 4.39 Å². The van der Waals surface area contributed by atoms with E-state index in [1.165, 1.54) is 42.6 Å². The van der Waals surface area contributed by atoms with E-state index in [2.05, 4.69) is 25.0 Å². The van der Waals surface area contributed by atoms with E-state index < -0.39 is 56.8 Å². The first kappa shape index (κ1) is 33.7. The smallest absolute Gasteiger partial charge is 0.326 e. The Morgan fingerprint density at radius 3 is 2.24 bits per heavy atom. The minimum Gasteiger partial charge on any atom is -0.480 e. The number of hydrogen-bond donors (Lipinski definition) is 3. The third kappa shape index (κ3) is 7.15. The summed E-state index contributed by atoms with van der Waals surface area (Å²) in [5.74, 6) is -6.38. The molecular formula is C36H26F3N5O5S. The molecule has 3 heterocycles. The lowest BCUT2D eigenvalue weighted by atomic mass is 9.96. The molecule has 3 aromatic carbocycles. The third-order valence-electron chi connectivity index (χ3n) is 7.82. The molecule has 0 saturated carbocycles. The van der Waals surface area contributed by atoms with Crippen LogP contribution in [-0.4, -0.2) is 46.4 Å². The van der Waals surface area contributed by atoms with Gasteiger partial charge in [-0.1, -0.05) is 36.4 Å². The Balaban J connectivity index is 1.20. The Morgan fingerprint density at radius 2 is 1.58 bits per heavy atom. The largest absolute Gasteiger partial charge is 0.480 e. The van der Waals surface area contributed by atoms with Crippen molar-refractivity contribution in [3.63, 3.8) is 0 Å². The molecule has 0 bridgehead atoms. The second-order valence-corrected chi connectivity index (χ2v) is 13.0. The number of sulfonamides is 1. The van der Waals surface area contributed by atoms with E-state index in [4.69, 9.17) is 0 Å². The quantitative estimate of drug-likeness (QED) is 0.141. The van der Waals surface area contributed by atoms with Crippen LogP contribution in [0.3, 0.4) is 0 Å². The molecule has 252 valence electrons. The Morgan fingerprint density at radius 1 is 0.840 bits per heavy atom. The number of carboxylic acid groups (broad SMARTS) is 1. The normalized spacial score (nSPS) is 12.0. The van der Waals surface area contributed by atoms with Crippen molar-refractivity contribution >= 4 is 38.5 Å². The van der Waals surface area contributed by atoms with Gasteiger partial charge in [0, 0.05) is 42.0 Å². The molecule has 0 spiro atoms. The van der Waals surface area contributed by atoms with Gasteiger partial charge in [-0.15, -0.1) is 0 Å². The molecule has 0 unspecified atom stereocenters. The number of hydrogen-bond acceptors (Lipinski definition) is 7. The zero-order valence-corrected chi connectivity index (χ0v) is 26.9. The number of nitrogens with one attached hydrogen (secondary N) is 2. The van der Waals surface area contributed by atoms with E-state index in [1.807, 2.05) is 19.1 Å². The number of pyridine rings is 3. The Labute approximate surface area is 283 Å². The number of anilines is 1. The van der Waals surface area contributed by atoms with Crippen LogP contribution in [0, 0.1) is 24.5 Å². The van der Waals surface area contributed by atoms with Crippen molar-refractivity contribution < 1.29 is 36.3 Å². The van der Waals surface area contributed by atoms with Crippen molar-refractivity contribution in [3.8, 4) is 22.4 Å². The summed E-state index contributed by atoms with van der Waals surface area (Å²) in [4.78, 5) is 37.4. The van der Waals surface area contributed by atoms with Crippen molar-refractivity contribution in [2.45, 2.75) is 24.3 Å². The Bertz CT molecular complexity index is 2350. The summed E-state index contributed by atoms with van der Waals surface area (Å²) in [5, 5.41) is 12.7. The van der Waals surface area contributed by atoms with Crippen LogP contribution in [0.1, 0.15) is 21.5 Å². The Kier molecular flexibility index (Phi) is 9.29. The van der Waals surface area contributed by atoms with E-state index in [9.17, 15) is 27.5 Å². The summed E-state index contributed by atoms with van der Waals surface area (Å²) < 4.78 is 71.9. The summed E-state index contributed by atoms with van der Waals surface area (Å²) in [6.07, 6.45) is 4.30. The molecule has 0 aliphatic carbocycles. The van der Waals surface area contributed by atoms with Crippen molar-refractivity contribution in [2.75, 3.05) is 4.72 Å². The van der Waals surface area contributed by atoms with Gasteiger partial charge in [0.1, 0.15) is 23.2 Å². The van der Waals surface area contributed by atoms with Crippen LogP contribution in [0.5, 0.6) is 0 Å². The molecule has 6 rings (SSSR count). The molecule has 1 amide bonds. The fraction of sp³-hybridized carbons (Fsp3) is 0.0833. The summed E-state index contributed by atoms with van der Waals surface area (Å²) >= 11 is 0. The van der Waals surface area contributed by atoms with Gasteiger partial charge in [-0.25, -0.2) is 27.0 Å². The highest BCUT2D eigenvalue weighted by Gasteiger charge is 2.27. The molecule has 0 aliphatic rings. The van der Waals surface area contributed by atoms with E-state index in [1.54, 1.807) is 36.7 Å². The number of carboxylic acids is 1. The van der Waals surface area contributed by atoms with Gasteiger partial charge in [-0.05, 0) is 71.6 Å². The predicted octanol–water partition coefficient (Wildman–Crippen LogP) is 6.31. The first-order valence-electron chi connectivity index (χ1n) is 15.0. The second-order valence-electron chi connectivity index (χ2n) is 11.3. The maximum atomic E-state index is 15.2. The van der Waals surface area contributed by atoms with Crippen molar-refractivity contribution in [2.24, 2.45) is 0 Å². The van der Waals surface area contributed by atoms with Gasteiger partial charge >= 0.3 is 5.97 Å². The molecule has 3 aromatic heterocycles. The zero-order valence-electron chi connectivity index (χ0n) is 26.1. The summed E-state index contributed by atoms with van der Waals surface area (Å²) in [5.41, 5.74) is 2.72. The summed E-state index contributed by atoms with van der Waals surface area (Å²) in [7, 11) is -4.35. The number of carbonyl (C=O) groups is 2. The molecule has 1 atom stereocenters. The average molecular weight is 698 g/mol. The molecule has 0 radical (unpaired) electrons. The first-order chi connectivity index (χ1) is 23.9. The number of benzene rings is 3. The predicted molar refractivity (Wildman–Crippen MR) is 179 cm³/mol. The minimum absolute atomic E-state index is 0.249. The highest BCUT2D eigenvalue weighted by molar-refractivity contribution is 7.92. The van der Waals surface area contributed by atoms with E-state index in [-0.39, 0.29) is 11.3 Å². The van der Waals surface area contributed by atoms with E-state index in [0.29, 0.717) is 51.0 Å². The number of carbonyl (C=O) groups excluding carboxylic acids is 1. The number of amides is 1. The van der Waals surface area contributed by atoms with Crippen LogP contribution < -0.4 is 10.0 Å². The molecule has 6 aromatic rings. The maximum absolute atomic E-state index is 15.2. The first-order valence-corrected chi connectivity index (χ1v) is 16.4. The van der Waals surface area contributed by atoms with Crippen LogP contribution in [0.25, 0.3) is 33.3 Å². The standard InChI is InChI=1S/C36H26F3N5O5S/c1-20-4-11-30(42-19-20)27-10-7-23(26-3-2-13-41-34(26)27)15-31(36(46)47)43-35(45)33-28(37)17-24(18-29(33)38)44-50(48,49)25-8-5-21(6-9-25)22-12-14-40-32(39)16-22/h2-14,16-19,31,44H,15H2,1H3,(H,43,45)(H,46,47)/t31-/m0/s1. The molecule has 0 saturated heterocycles. The fourth-order valence-electron chi connectivity index (χ4n) is 5.37. The van der Waals surface area contributed by atoms with Crippen LogP contribution in [0.15, 0.2) is 108 Å². The molecule has 10 nitrogen and oxygen atoms in total. The Hall–Kier alpha value is -6.15. The van der Waals surface area contributed by atoms with Gasteiger partial charge < -0.3 is 10.4 Å². The van der Waals surface area contributed by atoms with Crippen molar-refractivity contribution in [3.05, 3.63) is 138 Å². The van der Waals surface area contributed by atoms with Crippen LogP contribution in [-0.2, 0) is 21.2 Å². The molecule has 0 fully saturated rings. The number of fused-ring (bicyclic) bond motifs is 1. The number of halogens is 3. The van der Waals surface area contributed by atoms with E-state index in [0.717, 1.165) is 5.56 Å². The van der Waals surface area contributed by atoms with Crippen LogP contribution in [0.4, 0.5) is 18.9 Å². The fourth-order valence-corrected chi connectivity index (χ4v) is 6.41. The summed E-state index contributed by atoms with van der Waals surface area (Å²) in [6, 6.07) is 18.2. The van der Waals surface area contributed by atoms with Gasteiger partial charge in [-0.3, -0.25) is 19.5 Å². The third-order valence-corrected chi connectivity index (χ3v) is 9.22. The lowest BCUT2D eigenvalue weighted by Gasteiger charge is -2.18. The topological polar surface area (TPSA) is 151 Å². The molecule has 3 N–H and O–H groups in total. The van der Waals surface area contributed by atoms with Gasteiger partial charge in [0.25, 0.3) is 15.9 Å². The second kappa shape index (κ2) is 13.8. The molecule has 14 heteroatoms. The highest BCUT2D eigenvalue weighted by Crippen LogP contribution is 2.30. The average Bonchev–Trinajstić information content (AvgIpc) is 3.08. The minimum atomic E-state index is -4.35. The molecular weight excluding hydrogens is 671 g/mol. The van der Waals surface area contributed by atoms with Gasteiger partial charge in [0.05, 0.1) is 21.8 Å².